The summed E-state index contributed by atoms with van der Waals surface area (Å²) in [5, 5.41) is 9.03. The summed E-state index contributed by atoms with van der Waals surface area (Å²) in [6.07, 6.45) is 13.1. The molecule has 3 heterocycles. The van der Waals surface area contributed by atoms with Crippen LogP contribution in [0.5, 0.6) is 5.75 Å². The number of hydrogen-bond donors (Lipinski definition) is 1. The summed E-state index contributed by atoms with van der Waals surface area (Å²) >= 11 is 1.49. The highest BCUT2D eigenvalue weighted by Crippen LogP contribution is 2.44. The van der Waals surface area contributed by atoms with E-state index in [-0.39, 0.29) is 42.6 Å². The minimum atomic E-state index is -0.761. The number of hydrogen-bond acceptors (Lipinski definition) is 8. The van der Waals surface area contributed by atoms with Crippen LogP contribution in [0.25, 0.3) is 0 Å². The number of rotatable bonds is 13. The minimum absolute atomic E-state index is 0.0175. The van der Waals surface area contributed by atoms with Gasteiger partial charge in [0.15, 0.2) is 12.6 Å². The van der Waals surface area contributed by atoms with Gasteiger partial charge in [-0.25, -0.2) is 0 Å². The first kappa shape index (κ1) is 30.8. The number of carboxylic acid groups (broad SMARTS) is 1. The van der Waals surface area contributed by atoms with Gasteiger partial charge in [0.05, 0.1) is 24.6 Å². The number of para-hydroxylation sites is 1. The Morgan fingerprint density at radius 3 is 2.51 bits per heavy atom. The van der Waals surface area contributed by atoms with E-state index in [2.05, 4.69) is 12.2 Å². The maximum atomic E-state index is 11.0. The molecule has 1 aromatic rings. The SMILES string of the molecule is O=C(O)CSC[C@H]1CC[C@@H]2[C@@H](C=C[C@H](COc3ccccc3)OC3CCCCO3)[C@H](OC3CCCCO3)C[C@@H]2OC1. The van der Waals surface area contributed by atoms with Gasteiger partial charge < -0.3 is 33.5 Å². The van der Waals surface area contributed by atoms with Crippen molar-refractivity contribution in [2.75, 3.05) is 37.9 Å². The zero-order valence-electron chi connectivity index (χ0n) is 24.0. The molecule has 4 fully saturated rings. The Morgan fingerprint density at radius 2 is 1.78 bits per heavy atom. The molecule has 0 spiro atoms. The molecule has 3 saturated heterocycles. The van der Waals surface area contributed by atoms with Gasteiger partial charge in [0, 0.05) is 25.6 Å². The molecule has 0 radical (unpaired) electrons. The number of carbonyl (C=O) groups is 1. The Labute approximate surface area is 248 Å². The van der Waals surface area contributed by atoms with E-state index in [0.29, 0.717) is 25.0 Å². The molecule has 41 heavy (non-hydrogen) atoms. The van der Waals surface area contributed by atoms with Gasteiger partial charge in [-0.3, -0.25) is 4.79 Å². The first-order chi connectivity index (χ1) is 20.1. The van der Waals surface area contributed by atoms with Crippen molar-refractivity contribution in [1.29, 1.82) is 0 Å². The molecule has 1 aromatic carbocycles. The van der Waals surface area contributed by atoms with Gasteiger partial charge in [-0.15, -0.1) is 11.8 Å². The van der Waals surface area contributed by atoms with Crippen LogP contribution < -0.4 is 4.74 Å². The molecule has 228 valence electrons. The Kier molecular flexibility index (Phi) is 12.2. The number of thioether (sulfide) groups is 1. The maximum absolute atomic E-state index is 11.0. The summed E-state index contributed by atoms with van der Waals surface area (Å²) in [6, 6.07) is 9.84. The van der Waals surface area contributed by atoms with Gasteiger partial charge in [0.1, 0.15) is 18.5 Å². The number of carboxylic acids is 1. The lowest BCUT2D eigenvalue weighted by Crippen LogP contribution is -2.32. The topological polar surface area (TPSA) is 92.7 Å². The predicted molar refractivity (Wildman–Crippen MR) is 157 cm³/mol. The molecule has 1 aliphatic carbocycles. The van der Waals surface area contributed by atoms with E-state index in [0.717, 1.165) is 82.5 Å². The van der Waals surface area contributed by atoms with Gasteiger partial charge in [-0.2, -0.15) is 0 Å². The van der Waals surface area contributed by atoms with Gasteiger partial charge in [-0.05, 0) is 81.1 Å². The van der Waals surface area contributed by atoms with Gasteiger partial charge in [-0.1, -0.05) is 30.4 Å². The van der Waals surface area contributed by atoms with E-state index in [9.17, 15) is 4.79 Å². The number of fused-ring (bicyclic) bond motifs is 1. The van der Waals surface area contributed by atoms with Crippen molar-refractivity contribution < 1.29 is 38.3 Å². The quantitative estimate of drug-likeness (QED) is 0.291. The van der Waals surface area contributed by atoms with E-state index in [1.807, 2.05) is 30.3 Å². The maximum Gasteiger partial charge on any atom is 0.313 e. The van der Waals surface area contributed by atoms with E-state index in [4.69, 9.17) is 33.5 Å². The highest BCUT2D eigenvalue weighted by atomic mass is 32.2. The third kappa shape index (κ3) is 9.70. The molecular formula is C32H46O8S. The lowest BCUT2D eigenvalue weighted by Gasteiger charge is -2.30. The highest BCUT2D eigenvalue weighted by molar-refractivity contribution is 7.99. The molecule has 2 unspecified atom stereocenters. The predicted octanol–water partition coefficient (Wildman–Crippen LogP) is 5.69. The molecule has 0 amide bonds. The summed E-state index contributed by atoms with van der Waals surface area (Å²) in [5.41, 5.74) is 0. The smallest absolute Gasteiger partial charge is 0.313 e. The monoisotopic (exact) mass is 590 g/mol. The Balaban J connectivity index is 1.27. The van der Waals surface area contributed by atoms with Crippen LogP contribution in [-0.2, 0) is 28.5 Å². The van der Waals surface area contributed by atoms with Crippen LogP contribution in [0.1, 0.15) is 57.8 Å². The summed E-state index contributed by atoms with van der Waals surface area (Å²) in [6.45, 7) is 2.56. The molecule has 5 rings (SSSR count). The second-order valence-corrected chi connectivity index (χ2v) is 12.7. The first-order valence-corrected chi connectivity index (χ1v) is 16.6. The van der Waals surface area contributed by atoms with Crippen molar-refractivity contribution in [1.82, 2.24) is 0 Å². The summed E-state index contributed by atoms with van der Waals surface area (Å²) in [7, 11) is 0. The van der Waals surface area contributed by atoms with E-state index in [1.165, 1.54) is 11.8 Å². The zero-order valence-corrected chi connectivity index (χ0v) is 24.8. The molecule has 8 nitrogen and oxygen atoms in total. The van der Waals surface area contributed by atoms with Crippen molar-refractivity contribution in [3.05, 3.63) is 42.5 Å². The normalized spacial score (nSPS) is 33.2. The van der Waals surface area contributed by atoms with Crippen molar-refractivity contribution in [3.8, 4) is 5.75 Å². The summed E-state index contributed by atoms with van der Waals surface area (Å²) < 4.78 is 37.5. The van der Waals surface area contributed by atoms with Crippen LogP contribution in [-0.4, -0.2) is 79.9 Å². The van der Waals surface area contributed by atoms with Gasteiger partial charge in [0.2, 0.25) is 0 Å². The molecule has 9 heteroatoms. The molecule has 3 aliphatic heterocycles. The van der Waals surface area contributed by atoms with Crippen LogP contribution in [0.3, 0.4) is 0 Å². The van der Waals surface area contributed by atoms with E-state index in [1.54, 1.807) is 0 Å². The van der Waals surface area contributed by atoms with Crippen molar-refractivity contribution in [2.24, 2.45) is 17.8 Å². The molecule has 1 saturated carbocycles. The highest BCUT2D eigenvalue weighted by Gasteiger charge is 2.45. The average molecular weight is 591 g/mol. The Hall–Kier alpha value is -1.62. The Morgan fingerprint density at radius 1 is 1.00 bits per heavy atom. The molecule has 0 bridgehead atoms. The average Bonchev–Trinajstić information content (AvgIpc) is 3.19. The minimum Gasteiger partial charge on any atom is -0.491 e. The lowest BCUT2D eigenvalue weighted by molar-refractivity contribution is -0.193. The first-order valence-electron chi connectivity index (χ1n) is 15.5. The van der Waals surface area contributed by atoms with E-state index >= 15 is 0 Å². The van der Waals surface area contributed by atoms with Crippen LogP contribution in [0.15, 0.2) is 42.5 Å². The van der Waals surface area contributed by atoms with Crippen LogP contribution in [0.2, 0.25) is 0 Å². The van der Waals surface area contributed by atoms with E-state index < -0.39 is 5.97 Å². The van der Waals surface area contributed by atoms with Crippen LogP contribution in [0, 0.1) is 17.8 Å². The van der Waals surface area contributed by atoms with Gasteiger partial charge >= 0.3 is 5.97 Å². The fourth-order valence-electron chi connectivity index (χ4n) is 6.40. The number of benzene rings is 1. The summed E-state index contributed by atoms with van der Waals surface area (Å²) in [4.78, 5) is 11.0. The van der Waals surface area contributed by atoms with Crippen molar-refractivity contribution >= 4 is 17.7 Å². The molecule has 1 N–H and O–H groups in total. The third-order valence-corrected chi connectivity index (χ3v) is 9.69. The van der Waals surface area contributed by atoms with Crippen LogP contribution in [0.4, 0.5) is 0 Å². The standard InChI is InChI=1S/C32H46O8S/c33-30(34)22-41-21-23-12-14-26-27(29(18-28(26)38-19-23)40-32-11-5-7-17-36-32)15-13-25(39-31-10-4-6-16-35-31)20-37-24-8-2-1-3-9-24/h1-3,8-9,13,15,23,25-29,31-32H,4-7,10-12,14,16-22H2,(H,33,34)/t23-,25+,26+,27+,28-,29+,31?,32?/m0/s1. The van der Waals surface area contributed by atoms with Crippen LogP contribution >= 0.6 is 11.8 Å². The molecule has 4 aliphatic rings. The third-order valence-electron chi connectivity index (χ3n) is 8.53. The van der Waals surface area contributed by atoms with Crippen molar-refractivity contribution in [2.45, 2.75) is 88.7 Å². The molecule has 8 atom stereocenters. The number of aliphatic carboxylic acids is 1. The number of ether oxygens (including phenoxy) is 6. The largest absolute Gasteiger partial charge is 0.491 e. The van der Waals surface area contributed by atoms with Gasteiger partial charge in [0.25, 0.3) is 0 Å². The fourth-order valence-corrected chi connectivity index (χ4v) is 7.29. The second kappa shape index (κ2) is 16.3. The van der Waals surface area contributed by atoms with Crippen molar-refractivity contribution in [3.63, 3.8) is 0 Å². The fraction of sp³-hybridized carbons (Fsp3) is 0.719. The second-order valence-electron chi connectivity index (χ2n) is 11.7. The lowest BCUT2D eigenvalue weighted by atomic mass is 9.87. The Bertz CT molecular complexity index is 933. The summed E-state index contributed by atoms with van der Waals surface area (Å²) in [5.74, 6) is 1.89. The zero-order chi connectivity index (χ0) is 28.3. The molecular weight excluding hydrogens is 544 g/mol. The molecule has 0 aromatic heterocycles.